The fourth-order valence-corrected chi connectivity index (χ4v) is 3.40. The summed E-state index contributed by atoms with van der Waals surface area (Å²) in [7, 11) is 1.88. The number of nitrogens with zero attached hydrogens (tertiary/aromatic N) is 1. The molecule has 1 aromatic rings. The Morgan fingerprint density at radius 2 is 1.61 bits per heavy atom. The van der Waals surface area contributed by atoms with E-state index in [0.717, 1.165) is 44.1 Å². The predicted octanol–water partition coefficient (Wildman–Crippen LogP) is 2.73. The van der Waals surface area contributed by atoms with Crippen LogP contribution < -0.4 is 5.32 Å². The quantitative estimate of drug-likeness (QED) is 0.908. The van der Waals surface area contributed by atoms with Crippen LogP contribution in [0.1, 0.15) is 44.1 Å². The van der Waals surface area contributed by atoms with Crippen molar-refractivity contribution in [3.05, 3.63) is 35.9 Å². The van der Waals surface area contributed by atoms with E-state index < -0.39 is 0 Å². The second-order valence-corrected chi connectivity index (χ2v) is 7.01. The molecule has 4 nitrogen and oxygen atoms in total. The molecule has 2 saturated carbocycles. The smallest absolute Gasteiger partial charge is 0.225 e. The van der Waals surface area contributed by atoms with E-state index in [-0.39, 0.29) is 23.7 Å². The normalized spacial score (nSPS) is 24.0. The van der Waals surface area contributed by atoms with Crippen LogP contribution in [0.5, 0.6) is 0 Å². The Hall–Kier alpha value is -1.84. The number of benzene rings is 1. The van der Waals surface area contributed by atoms with Gasteiger partial charge >= 0.3 is 0 Å². The fourth-order valence-electron chi connectivity index (χ4n) is 3.40. The molecule has 1 aromatic carbocycles. The van der Waals surface area contributed by atoms with E-state index in [9.17, 15) is 9.59 Å². The summed E-state index contributed by atoms with van der Waals surface area (Å²) < 4.78 is 0. The first-order valence-corrected chi connectivity index (χ1v) is 8.73. The molecule has 0 heterocycles. The lowest BCUT2D eigenvalue weighted by Crippen LogP contribution is -2.38. The molecular weight excluding hydrogens is 288 g/mol. The third kappa shape index (κ3) is 4.34. The van der Waals surface area contributed by atoms with Gasteiger partial charge in [0.2, 0.25) is 11.8 Å². The van der Waals surface area contributed by atoms with Gasteiger partial charge in [0.15, 0.2) is 0 Å². The summed E-state index contributed by atoms with van der Waals surface area (Å²) in [6.45, 7) is 0.655. The minimum atomic E-state index is 0.0775. The Bertz CT molecular complexity index is 546. The highest BCUT2D eigenvalue weighted by Gasteiger charge is 2.33. The first-order chi connectivity index (χ1) is 11.1. The minimum Gasteiger partial charge on any atom is -0.353 e. The Morgan fingerprint density at radius 1 is 1.00 bits per heavy atom. The number of carbonyl (C=O) groups is 2. The Labute approximate surface area is 138 Å². The molecule has 2 aliphatic rings. The molecule has 0 unspecified atom stereocenters. The fraction of sp³-hybridized carbons (Fsp3) is 0.579. The average Bonchev–Trinajstić information content (AvgIpc) is 3.39. The van der Waals surface area contributed by atoms with Crippen molar-refractivity contribution in [3.63, 3.8) is 0 Å². The van der Waals surface area contributed by atoms with Gasteiger partial charge in [-0.3, -0.25) is 9.59 Å². The van der Waals surface area contributed by atoms with Gasteiger partial charge in [0.25, 0.3) is 0 Å². The van der Waals surface area contributed by atoms with Gasteiger partial charge in [0.1, 0.15) is 0 Å². The number of carbonyl (C=O) groups excluding carboxylic acids is 2. The third-order valence-corrected chi connectivity index (χ3v) is 5.01. The Balaban J connectivity index is 1.46. The number of rotatable bonds is 5. The zero-order valence-electron chi connectivity index (χ0n) is 13.8. The maximum Gasteiger partial charge on any atom is 0.225 e. The molecule has 2 aliphatic carbocycles. The predicted molar refractivity (Wildman–Crippen MR) is 89.5 cm³/mol. The zero-order valence-corrected chi connectivity index (χ0v) is 13.8. The van der Waals surface area contributed by atoms with Crippen LogP contribution in [-0.4, -0.2) is 29.8 Å². The van der Waals surface area contributed by atoms with Crippen molar-refractivity contribution >= 4 is 11.8 Å². The highest BCUT2D eigenvalue weighted by atomic mass is 16.2. The second kappa shape index (κ2) is 7.16. The molecular formula is C19H26N2O2. The maximum atomic E-state index is 12.6. The molecule has 124 valence electrons. The molecule has 0 aromatic heterocycles. The summed E-state index contributed by atoms with van der Waals surface area (Å²) in [5.74, 6) is 0.610. The van der Waals surface area contributed by atoms with Crippen molar-refractivity contribution in [2.75, 3.05) is 7.05 Å². The molecule has 1 N–H and O–H groups in total. The summed E-state index contributed by atoms with van der Waals surface area (Å²) >= 11 is 0. The molecule has 0 aliphatic heterocycles. The van der Waals surface area contributed by atoms with Crippen LogP contribution in [0.3, 0.4) is 0 Å². The van der Waals surface area contributed by atoms with E-state index in [2.05, 4.69) is 5.32 Å². The maximum absolute atomic E-state index is 12.6. The molecule has 0 bridgehead atoms. The second-order valence-electron chi connectivity index (χ2n) is 7.01. The standard InChI is InChI=1S/C19H26N2O2/c1-21(13-14-5-3-2-4-6-14)19(23)16-9-7-15(8-10-16)18(22)20-17-11-12-17/h2-6,15-17H,7-13H2,1H3,(H,20,22). The molecule has 0 spiro atoms. The van der Waals surface area contributed by atoms with Crippen molar-refractivity contribution < 1.29 is 9.59 Å². The van der Waals surface area contributed by atoms with Gasteiger partial charge in [0.05, 0.1) is 0 Å². The minimum absolute atomic E-state index is 0.0775. The van der Waals surface area contributed by atoms with E-state index in [0.29, 0.717) is 12.6 Å². The first-order valence-electron chi connectivity index (χ1n) is 8.73. The molecule has 0 radical (unpaired) electrons. The number of hydrogen-bond donors (Lipinski definition) is 1. The van der Waals surface area contributed by atoms with Gasteiger partial charge in [0, 0.05) is 31.5 Å². The number of nitrogens with one attached hydrogen (secondary N) is 1. The molecule has 4 heteroatoms. The van der Waals surface area contributed by atoms with Crippen LogP contribution >= 0.6 is 0 Å². The van der Waals surface area contributed by atoms with Crippen LogP contribution in [0.25, 0.3) is 0 Å². The van der Waals surface area contributed by atoms with Gasteiger partial charge in [-0.25, -0.2) is 0 Å². The van der Waals surface area contributed by atoms with E-state index >= 15 is 0 Å². The lowest BCUT2D eigenvalue weighted by molar-refractivity contribution is -0.137. The average molecular weight is 314 g/mol. The summed E-state index contributed by atoms with van der Waals surface area (Å²) in [5, 5.41) is 3.09. The van der Waals surface area contributed by atoms with Gasteiger partial charge in [-0.15, -0.1) is 0 Å². The largest absolute Gasteiger partial charge is 0.353 e. The summed E-state index contributed by atoms with van der Waals surface area (Å²) in [6.07, 6.45) is 5.61. The van der Waals surface area contributed by atoms with E-state index in [1.807, 2.05) is 42.3 Å². The van der Waals surface area contributed by atoms with Crippen molar-refractivity contribution in [2.24, 2.45) is 11.8 Å². The van der Waals surface area contributed by atoms with Crippen molar-refractivity contribution in [1.82, 2.24) is 10.2 Å². The van der Waals surface area contributed by atoms with Crippen LogP contribution in [0.15, 0.2) is 30.3 Å². The van der Waals surface area contributed by atoms with E-state index in [1.54, 1.807) is 0 Å². The van der Waals surface area contributed by atoms with Crippen LogP contribution in [0.2, 0.25) is 0 Å². The van der Waals surface area contributed by atoms with Gasteiger partial charge in [-0.05, 0) is 44.1 Å². The number of amides is 2. The summed E-state index contributed by atoms with van der Waals surface area (Å²) in [4.78, 5) is 26.5. The monoisotopic (exact) mass is 314 g/mol. The molecule has 3 rings (SSSR count). The molecule has 2 fully saturated rings. The van der Waals surface area contributed by atoms with Gasteiger partial charge in [-0.1, -0.05) is 30.3 Å². The lowest BCUT2D eigenvalue weighted by atomic mass is 9.81. The molecule has 0 atom stereocenters. The first kappa shape index (κ1) is 16.0. The molecule has 0 saturated heterocycles. The van der Waals surface area contributed by atoms with E-state index in [1.165, 1.54) is 0 Å². The Morgan fingerprint density at radius 3 is 2.22 bits per heavy atom. The SMILES string of the molecule is CN(Cc1ccccc1)C(=O)C1CCC(C(=O)NC2CC2)CC1. The zero-order chi connectivity index (χ0) is 16.2. The summed E-state index contributed by atoms with van der Waals surface area (Å²) in [5.41, 5.74) is 1.15. The van der Waals surface area contributed by atoms with E-state index in [4.69, 9.17) is 0 Å². The molecule has 2 amide bonds. The highest BCUT2D eigenvalue weighted by Crippen LogP contribution is 2.31. The van der Waals surface area contributed by atoms with Crippen LogP contribution in [0, 0.1) is 11.8 Å². The number of hydrogen-bond acceptors (Lipinski definition) is 2. The van der Waals surface area contributed by atoms with Crippen molar-refractivity contribution in [1.29, 1.82) is 0 Å². The van der Waals surface area contributed by atoms with Crippen molar-refractivity contribution in [3.8, 4) is 0 Å². The van der Waals surface area contributed by atoms with Gasteiger partial charge < -0.3 is 10.2 Å². The topological polar surface area (TPSA) is 49.4 Å². The van der Waals surface area contributed by atoms with Crippen LogP contribution in [0.4, 0.5) is 0 Å². The Kier molecular flexibility index (Phi) is 4.99. The van der Waals surface area contributed by atoms with Gasteiger partial charge in [-0.2, -0.15) is 0 Å². The van der Waals surface area contributed by atoms with Crippen LogP contribution in [-0.2, 0) is 16.1 Å². The lowest BCUT2D eigenvalue weighted by Gasteiger charge is -2.30. The van der Waals surface area contributed by atoms with Crippen molar-refractivity contribution in [2.45, 2.75) is 51.1 Å². The third-order valence-electron chi connectivity index (χ3n) is 5.01. The summed E-state index contributed by atoms with van der Waals surface area (Å²) in [6, 6.07) is 10.5. The molecule has 23 heavy (non-hydrogen) atoms. The highest BCUT2D eigenvalue weighted by molar-refractivity contribution is 5.81.